The largest absolute Gasteiger partial charge is 0.481 e. The molecular weight excluding hydrogens is 234 g/mol. The maximum atomic E-state index is 11.5. The number of nitrogens with one attached hydrogen (secondary N) is 1. The van der Waals surface area contributed by atoms with E-state index in [-0.39, 0.29) is 13.0 Å². The predicted molar refractivity (Wildman–Crippen MR) is 67.7 cm³/mol. The van der Waals surface area contributed by atoms with Crippen molar-refractivity contribution < 1.29 is 19.4 Å². The number of carboxylic acid groups (broad SMARTS) is 1. The van der Waals surface area contributed by atoms with Gasteiger partial charge < -0.3 is 15.2 Å². The van der Waals surface area contributed by atoms with Crippen molar-refractivity contribution in [3.05, 3.63) is 42.5 Å². The van der Waals surface area contributed by atoms with Gasteiger partial charge in [0.15, 0.2) is 0 Å². The van der Waals surface area contributed by atoms with Gasteiger partial charge in [-0.05, 0) is 24.3 Å². The fourth-order valence-electron chi connectivity index (χ4n) is 1.23. The molecule has 0 saturated carbocycles. The first-order chi connectivity index (χ1) is 8.63. The Morgan fingerprint density at radius 2 is 2.00 bits per heavy atom. The molecular formula is C13H15NO4. The molecule has 0 aromatic heterocycles. The highest BCUT2D eigenvalue weighted by molar-refractivity contribution is 5.89. The van der Waals surface area contributed by atoms with Gasteiger partial charge in [0.2, 0.25) is 0 Å². The van der Waals surface area contributed by atoms with Crippen molar-refractivity contribution >= 4 is 17.6 Å². The minimum atomic E-state index is -0.994. The average Bonchev–Trinajstić information content (AvgIpc) is 2.36. The van der Waals surface area contributed by atoms with Crippen molar-refractivity contribution in [2.45, 2.75) is 6.42 Å². The van der Waals surface area contributed by atoms with Crippen molar-refractivity contribution in [1.82, 2.24) is 0 Å². The summed E-state index contributed by atoms with van der Waals surface area (Å²) >= 11 is 0. The summed E-state index contributed by atoms with van der Waals surface area (Å²) in [6.07, 6.45) is 1.54. The fraction of sp³-hybridized carbons (Fsp3) is 0.231. The number of aliphatic carboxylic acids is 1. The Morgan fingerprint density at radius 3 is 2.56 bits per heavy atom. The number of esters is 1. The molecule has 1 aromatic carbocycles. The predicted octanol–water partition coefficient (Wildman–Crippen LogP) is 1.92. The number of carbonyl (C=O) groups excluding carboxylic acids is 1. The van der Waals surface area contributed by atoms with E-state index in [9.17, 15) is 9.59 Å². The van der Waals surface area contributed by atoms with E-state index in [1.165, 1.54) is 0 Å². The highest BCUT2D eigenvalue weighted by Crippen LogP contribution is 2.10. The number of hydrogen-bond donors (Lipinski definition) is 2. The molecule has 0 amide bonds. The minimum Gasteiger partial charge on any atom is -0.481 e. The van der Waals surface area contributed by atoms with Crippen LogP contribution >= 0.6 is 0 Å². The number of carbonyl (C=O) groups is 2. The number of ether oxygens (including phenoxy) is 1. The van der Waals surface area contributed by atoms with E-state index in [4.69, 9.17) is 9.84 Å². The smallest absolute Gasteiger partial charge is 0.338 e. The van der Waals surface area contributed by atoms with Crippen molar-refractivity contribution in [1.29, 1.82) is 0 Å². The van der Waals surface area contributed by atoms with Gasteiger partial charge in [-0.15, -0.1) is 6.58 Å². The van der Waals surface area contributed by atoms with Gasteiger partial charge in [0, 0.05) is 12.2 Å². The van der Waals surface area contributed by atoms with E-state index in [0.717, 1.165) is 5.69 Å². The maximum absolute atomic E-state index is 11.5. The summed E-state index contributed by atoms with van der Waals surface area (Å²) in [6, 6.07) is 6.73. The SMILES string of the molecule is C=CCNc1ccc(C(=O)OCCC(=O)O)cc1. The zero-order valence-electron chi connectivity index (χ0n) is 9.89. The van der Waals surface area contributed by atoms with E-state index in [1.54, 1.807) is 30.3 Å². The summed E-state index contributed by atoms with van der Waals surface area (Å²) in [6.45, 7) is 4.11. The molecule has 0 bridgehead atoms. The molecule has 2 N–H and O–H groups in total. The minimum absolute atomic E-state index is 0.120. The first-order valence-electron chi connectivity index (χ1n) is 5.47. The Morgan fingerprint density at radius 1 is 1.33 bits per heavy atom. The molecule has 0 atom stereocenters. The van der Waals surface area contributed by atoms with Crippen molar-refractivity contribution in [2.75, 3.05) is 18.5 Å². The Bertz CT molecular complexity index is 425. The Labute approximate surface area is 105 Å². The topological polar surface area (TPSA) is 75.6 Å². The molecule has 0 heterocycles. The number of rotatable bonds is 7. The zero-order chi connectivity index (χ0) is 13.4. The molecule has 0 radical (unpaired) electrons. The lowest BCUT2D eigenvalue weighted by molar-refractivity contribution is -0.137. The Balaban J connectivity index is 2.48. The van der Waals surface area contributed by atoms with Crippen LogP contribution in [0.2, 0.25) is 0 Å². The molecule has 18 heavy (non-hydrogen) atoms. The third-order valence-electron chi connectivity index (χ3n) is 2.12. The lowest BCUT2D eigenvalue weighted by Gasteiger charge is -2.05. The lowest BCUT2D eigenvalue weighted by atomic mass is 10.2. The first kappa shape index (κ1) is 13.8. The van der Waals surface area contributed by atoms with Crippen LogP contribution in [0, 0.1) is 0 Å². The van der Waals surface area contributed by atoms with Crippen molar-refractivity contribution in [3.8, 4) is 0 Å². The number of carboxylic acids is 1. The van der Waals surface area contributed by atoms with E-state index in [1.807, 2.05) is 0 Å². The molecule has 0 saturated heterocycles. The van der Waals surface area contributed by atoms with E-state index in [2.05, 4.69) is 11.9 Å². The molecule has 0 unspecified atom stereocenters. The van der Waals surface area contributed by atoms with Crippen LogP contribution in [0.5, 0.6) is 0 Å². The summed E-state index contributed by atoms with van der Waals surface area (Å²) in [5.74, 6) is -1.52. The summed E-state index contributed by atoms with van der Waals surface area (Å²) < 4.78 is 4.80. The van der Waals surface area contributed by atoms with Crippen LogP contribution < -0.4 is 5.32 Å². The highest BCUT2D eigenvalue weighted by atomic mass is 16.5. The van der Waals surface area contributed by atoms with Crippen LogP contribution in [0.1, 0.15) is 16.8 Å². The van der Waals surface area contributed by atoms with E-state index >= 15 is 0 Å². The molecule has 0 aliphatic heterocycles. The highest BCUT2D eigenvalue weighted by Gasteiger charge is 2.07. The lowest BCUT2D eigenvalue weighted by Crippen LogP contribution is -2.09. The third kappa shape index (κ3) is 4.69. The van der Waals surface area contributed by atoms with Crippen LogP contribution in [-0.4, -0.2) is 30.2 Å². The van der Waals surface area contributed by atoms with Crippen molar-refractivity contribution in [3.63, 3.8) is 0 Å². The van der Waals surface area contributed by atoms with E-state index in [0.29, 0.717) is 12.1 Å². The molecule has 1 aromatic rings. The standard InChI is InChI=1S/C13H15NO4/c1-2-8-14-11-5-3-10(4-6-11)13(17)18-9-7-12(15)16/h2-6,14H,1,7-9H2,(H,15,16). The number of hydrogen-bond acceptors (Lipinski definition) is 4. The van der Waals surface area contributed by atoms with Gasteiger partial charge in [0.25, 0.3) is 0 Å². The number of anilines is 1. The van der Waals surface area contributed by atoms with Gasteiger partial charge in [0.1, 0.15) is 6.61 Å². The summed E-state index contributed by atoms with van der Waals surface area (Å²) in [5, 5.41) is 11.5. The molecule has 0 aliphatic carbocycles. The van der Waals surface area contributed by atoms with Gasteiger partial charge in [-0.2, -0.15) is 0 Å². The van der Waals surface area contributed by atoms with Crippen LogP contribution in [0.15, 0.2) is 36.9 Å². The van der Waals surface area contributed by atoms with Crippen molar-refractivity contribution in [2.24, 2.45) is 0 Å². The third-order valence-corrected chi connectivity index (χ3v) is 2.12. The first-order valence-corrected chi connectivity index (χ1v) is 5.47. The second-order valence-electron chi connectivity index (χ2n) is 3.53. The van der Waals surface area contributed by atoms with Gasteiger partial charge in [-0.25, -0.2) is 4.79 Å². The zero-order valence-corrected chi connectivity index (χ0v) is 9.89. The van der Waals surface area contributed by atoms with Crippen LogP contribution in [0.25, 0.3) is 0 Å². The van der Waals surface area contributed by atoms with Crippen LogP contribution in [0.4, 0.5) is 5.69 Å². The molecule has 1 rings (SSSR count). The molecule has 0 spiro atoms. The Kier molecular flexibility index (Phi) is 5.44. The average molecular weight is 249 g/mol. The normalized spacial score (nSPS) is 9.56. The molecule has 0 fully saturated rings. The van der Waals surface area contributed by atoms with Gasteiger partial charge in [-0.3, -0.25) is 4.79 Å². The molecule has 5 heteroatoms. The molecule has 96 valence electrons. The maximum Gasteiger partial charge on any atom is 0.338 e. The quantitative estimate of drug-likeness (QED) is 0.570. The number of benzene rings is 1. The molecule has 0 aliphatic rings. The van der Waals surface area contributed by atoms with Gasteiger partial charge >= 0.3 is 11.9 Å². The second-order valence-corrected chi connectivity index (χ2v) is 3.53. The van der Waals surface area contributed by atoms with Crippen LogP contribution in [-0.2, 0) is 9.53 Å². The fourth-order valence-corrected chi connectivity index (χ4v) is 1.23. The van der Waals surface area contributed by atoms with Gasteiger partial charge in [0.05, 0.1) is 12.0 Å². The summed E-state index contributed by atoms with van der Waals surface area (Å²) in [7, 11) is 0. The second kappa shape index (κ2) is 7.11. The molecule has 5 nitrogen and oxygen atoms in total. The summed E-state index contributed by atoms with van der Waals surface area (Å²) in [4.78, 5) is 21.8. The van der Waals surface area contributed by atoms with E-state index < -0.39 is 11.9 Å². The van der Waals surface area contributed by atoms with Crippen LogP contribution in [0.3, 0.4) is 0 Å². The summed E-state index contributed by atoms with van der Waals surface area (Å²) in [5.41, 5.74) is 1.27. The van der Waals surface area contributed by atoms with Gasteiger partial charge in [-0.1, -0.05) is 6.08 Å². The monoisotopic (exact) mass is 249 g/mol. The Hall–Kier alpha value is -2.30.